The van der Waals surface area contributed by atoms with E-state index in [1.54, 1.807) is 0 Å². The molecular weight excluding hydrogens is 451 g/mol. The third-order valence-electron chi connectivity index (χ3n) is 5.22. The lowest BCUT2D eigenvalue weighted by Gasteiger charge is -2.28. The molecule has 2 aromatic rings. The molecule has 0 saturated carbocycles. The summed E-state index contributed by atoms with van der Waals surface area (Å²) in [6, 6.07) is 2.23. The minimum atomic E-state index is -4.60. The number of benzene rings is 1. The molecule has 0 saturated heterocycles. The molecule has 3 N–H and O–H groups in total. The van der Waals surface area contributed by atoms with Gasteiger partial charge in [-0.25, -0.2) is 13.1 Å². The summed E-state index contributed by atoms with van der Waals surface area (Å²) in [5, 5.41) is 12.7. The van der Waals surface area contributed by atoms with Crippen molar-refractivity contribution >= 4 is 21.6 Å². The number of nitrogens with zero attached hydrogens (tertiary/aromatic N) is 1. The molecule has 0 unspecified atom stereocenters. The number of aryl methyl sites for hydroxylation is 2. The number of hydrogen-bond donors (Lipinski definition) is 3. The lowest BCUT2D eigenvalue weighted by Crippen LogP contribution is -2.51. The molecule has 8 nitrogen and oxygen atoms in total. The van der Waals surface area contributed by atoms with E-state index < -0.39 is 39.3 Å². The van der Waals surface area contributed by atoms with E-state index in [1.165, 1.54) is 37.6 Å². The molecule has 12 heteroatoms. The molecule has 1 amide bonds. The number of anilines is 1. The van der Waals surface area contributed by atoms with Crippen molar-refractivity contribution in [2.45, 2.75) is 36.6 Å². The lowest BCUT2D eigenvalue weighted by atomic mass is 9.98. The number of aromatic nitrogens is 1. The number of carbonyl (C=O) groups excluding carboxylic acids is 1. The number of rotatable bonds is 4. The SMILES string of the molecule is C=C[C@](C)(O)[C@@H]1COc2c(cn(C)c2C(=O)Nc2ccc(C)c(C(F)(F)F)c2)S(=O)(=O)N1. The molecule has 0 radical (unpaired) electrons. The molecule has 0 fully saturated rings. The topological polar surface area (TPSA) is 110 Å². The number of amides is 1. The monoisotopic (exact) mass is 473 g/mol. The number of halogens is 3. The minimum absolute atomic E-state index is 0.0101. The van der Waals surface area contributed by atoms with Crippen LogP contribution in [-0.4, -0.2) is 42.2 Å². The molecule has 2 heterocycles. The van der Waals surface area contributed by atoms with E-state index in [0.29, 0.717) is 0 Å². The van der Waals surface area contributed by atoms with Crippen molar-refractivity contribution in [1.82, 2.24) is 9.29 Å². The Bertz CT molecular complexity index is 1190. The first-order valence-electron chi connectivity index (χ1n) is 9.37. The normalized spacial score (nSPS) is 19.8. The highest BCUT2D eigenvalue weighted by Crippen LogP contribution is 2.36. The van der Waals surface area contributed by atoms with Crippen LogP contribution >= 0.6 is 0 Å². The number of sulfonamides is 1. The first kappa shape index (κ1) is 23.8. The van der Waals surface area contributed by atoms with Gasteiger partial charge in [0.2, 0.25) is 10.0 Å². The van der Waals surface area contributed by atoms with Crippen molar-refractivity contribution in [1.29, 1.82) is 0 Å². The Kier molecular flexibility index (Phi) is 5.91. The molecular formula is C20H22F3N3O5S. The predicted octanol–water partition coefficient (Wildman–Crippen LogP) is 2.58. The summed E-state index contributed by atoms with van der Waals surface area (Å²) < 4.78 is 74.2. The standard InChI is InChI=1S/C20H22F3N3O5S/c1-5-19(3,28)15-10-31-17-14(32(29,30)25-15)9-26(4)16(17)18(27)24-12-7-6-11(2)13(8-12)20(21,22)23/h5-9,15,25,28H,1,10H2,2-4H3,(H,24,27)/t15-,19-/m0/s1. The zero-order chi connectivity index (χ0) is 24.1. The average molecular weight is 473 g/mol. The van der Waals surface area contributed by atoms with Crippen LogP contribution in [0, 0.1) is 6.92 Å². The fourth-order valence-corrected chi connectivity index (χ4v) is 4.75. The van der Waals surface area contributed by atoms with E-state index in [2.05, 4.69) is 16.6 Å². The van der Waals surface area contributed by atoms with Crippen LogP contribution in [0.3, 0.4) is 0 Å². The zero-order valence-corrected chi connectivity index (χ0v) is 18.3. The number of nitrogens with one attached hydrogen (secondary N) is 2. The Hall–Kier alpha value is -2.83. The maximum absolute atomic E-state index is 13.2. The molecule has 2 atom stereocenters. The second-order valence-corrected chi connectivity index (χ2v) is 9.36. The molecule has 1 aliphatic heterocycles. The highest BCUT2D eigenvalue weighted by molar-refractivity contribution is 7.89. The van der Waals surface area contributed by atoms with Gasteiger partial charge < -0.3 is 19.7 Å². The summed E-state index contributed by atoms with van der Waals surface area (Å²) in [6.45, 7) is 5.79. The van der Waals surface area contributed by atoms with Gasteiger partial charge in [0.15, 0.2) is 11.4 Å². The Balaban J connectivity index is 1.98. The van der Waals surface area contributed by atoms with E-state index in [1.807, 2.05) is 0 Å². The van der Waals surface area contributed by atoms with E-state index >= 15 is 0 Å². The predicted molar refractivity (Wildman–Crippen MR) is 110 cm³/mol. The summed E-state index contributed by atoms with van der Waals surface area (Å²) in [5.74, 6) is -1.14. The lowest BCUT2D eigenvalue weighted by molar-refractivity contribution is -0.138. The molecule has 0 aliphatic carbocycles. The summed E-state index contributed by atoms with van der Waals surface area (Å²) in [4.78, 5) is 12.6. The first-order chi connectivity index (χ1) is 14.7. The Morgan fingerprint density at radius 1 is 1.41 bits per heavy atom. The molecule has 174 valence electrons. The van der Waals surface area contributed by atoms with Crippen molar-refractivity contribution in [3.05, 3.63) is 53.9 Å². The van der Waals surface area contributed by atoms with Crippen molar-refractivity contribution in [3.8, 4) is 5.75 Å². The van der Waals surface area contributed by atoms with Crippen molar-refractivity contribution in [2.75, 3.05) is 11.9 Å². The van der Waals surface area contributed by atoms with Gasteiger partial charge >= 0.3 is 6.18 Å². The maximum atomic E-state index is 13.2. The van der Waals surface area contributed by atoms with Crippen LogP contribution in [0.1, 0.15) is 28.5 Å². The molecule has 1 aromatic heterocycles. The van der Waals surface area contributed by atoms with Gasteiger partial charge in [-0.3, -0.25) is 4.79 Å². The third kappa shape index (κ3) is 4.38. The number of carbonyl (C=O) groups is 1. The minimum Gasteiger partial charge on any atom is -0.488 e. The summed E-state index contributed by atoms with van der Waals surface area (Å²) in [6.07, 6.45) is -2.30. The number of ether oxygens (including phenoxy) is 1. The fraction of sp³-hybridized carbons (Fsp3) is 0.350. The van der Waals surface area contributed by atoms with Crippen LogP contribution in [0.4, 0.5) is 18.9 Å². The molecule has 32 heavy (non-hydrogen) atoms. The Morgan fingerprint density at radius 2 is 2.06 bits per heavy atom. The number of alkyl halides is 3. The van der Waals surface area contributed by atoms with Crippen LogP contribution < -0.4 is 14.8 Å². The second kappa shape index (κ2) is 7.94. The third-order valence-corrected chi connectivity index (χ3v) is 6.68. The van der Waals surface area contributed by atoms with Crippen LogP contribution in [0.15, 0.2) is 41.9 Å². The molecule has 1 aromatic carbocycles. The van der Waals surface area contributed by atoms with Gasteiger partial charge in [0.25, 0.3) is 5.91 Å². The van der Waals surface area contributed by atoms with E-state index in [9.17, 15) is 31.5 Å². The van der Waals surface area contributed by atoms with Crippen LogP contribution in [-0.2, 0) is 23.2 Å². The van der Waals surface area contributed by atoms with Crippen molar-refractivity contribution in [2.24, 2.45) is 7.05 Å². The zero-order valence-electron chi connectivity index (χ0n) is 17.4. The van der Waals surface area contributed by atoms with Gasteiger partial charge in [0, 0.05) is 18.9 Å². The first-order valence-corrected chi connectivity index (χ1v) is 10.9. The number of fused-ring (bicyclic) bond motifs is 1. The van der Waals surface area contributed by atoms with Gasteiger partial charge in [0.1, 0.15) is 11.5 Å². The molecule has 3 rings (SSSR count). The quantitative estimate of drug-likeness (QED) is 0.592. The van der Waals surface area contributed by atoms with E-state index in [0.717, 1.165) is 18.3 Å². The van der Waals surface area contributed by atoms with Gasteiger partial charge in [0.05, 0.1) is 17.2 Å². The number of aliphatic hydroxyl groups is 1. The summed E-state index contributed by atoms with van der Waals surface area (Å²) >= 11 is 0. The van der Waals surface area contributed by atoms with Crippen LogP contribution in [0.25, 0.3) is 0 Å². The van der Waals surface area contributed by atoms with Crippen LogP contribution in [0.2, 0.25) is 0 Å². The maximum Gasteiger partial charge on any atom is 0.416 e. The van der Waals surface area contributed by atoms with Gasteiger partial charge in [-0.05, 0) is 31.5 Å². The average Bonchev–Trinajstić information content (AvgIpc) is 2.96. The number of hydrogen-bond acceptors (Lipinski definition) is 5. The smallest absolute Gasteiger partial charge is 0.416 e. The van der Waals surface area contributed by atoms with E-state index in [4.69, 9.17) is 4.74 Å². The van der Waals surface area contributed by atoms with E-state index in [-0.39, 0.29) is 34.2 Å². The van der Waals surface area contributed by atoms with Gasteiger partial charge in [-0.1, -0.05) is 12.1 Å². The Labute approximate surface area is 182 Å². The van der Waals surface area contributed by atoms with Crippen molar-refractivity contribution < 1.29 is 36.2 Å². The molecule has 1 aliphatic rings. The second-order valence-electron chi connectivity index (χ2n) is 7.68. The fourth-order valence-electron chi connectivity index (χ4n) is 3.25. The highest BCUT2D eigenvalue weighted by atomic mass is 32.2. The summed E-state index contributed by atoms with van der Waals surface area (Å²) in [7, 11) is -2.79. The van der Waals surface area contributed by atoms with Crippen LogP contribution in [0.5, 0.6) is 5.75 Å². The van der Waals surface area contributed by atoms with Crippen molar-refractivity contribution in [3.63, 3.8) is 0 Å². The largest absolute Gasteiger partial charge is 0.488 e. The summed E-state index contributed by atoms with van der Waals surface area (Å²) in [5.41, 5.74) is -2.89. The molecule has 0 bridgehead atoms. The highest BCUT2D eigenvalue weighted by Gasteiger charge is 2.40. The van der Waals surface area contributed by atoms with Gasteiger partial charge in [-0.2, -0.15) is 13.2 Å². The van der Waals surface area contributed by atoms with Gasteiger partial charge in [-0.15, -0.1) is 6.58 Å². The Morgan fingerprint density at radius 3 is 2.66 bits per heavy atom. The molecule has 0 spiro atoms.